The zero-order chi connectivity index (χ0) is 14.4. The lowest BCUT2D eigenvalue weighted by Gasteiger charge is -2.11. The van der Waals surface area contributed by atoms with Crippen molar-refractivity contribution in [2.75, 3.05) is 30.8 Å². The molecule has 0 atom stereocenters. The Morgan fingerprint density at radius 2 is 1.70 bits per heavy atom. The van der Waals surface area contributed by atoms with E-state index >= 15 is 0 Å². The SMILES string of the molecule is COc1ccc(NCCNc2cc(Cl)ccc2C)cc1. The van der Waals surface area contributed by atoms with Gasteiger partial charge in [-0.1, -0.05) is 17.7 Å². The van der Waals surface area contributed by atoms with Gasteiger partial charge in [0.05, 0.1) is 7.11 Å². The van der Waals surface area contributed by atoms with Gasteiger partial charge < -0.3 is 15.4 Å². The summed E-state index contributed by atoms with van der Waals surface area (Å²) in [5.41, 5.74) is 3.35. The normalized spacial score (nSPS) is 10.2. The number of rotatable bonds is 6. The molecule has 0 radical (unpaired) electrons. The van der Waals surface area contributed by atoms with Crippen LogP contribution < -0.4 is 15.4 Å². The van der Waals surface area contributed by atoms with Gasteiger partial charge in [0.25, 0.3) is 0 Å². The van der Waals surface area contributed by atoms with Gasteiger partial charge in [0.1, 0.15) is 5.75 Å². The molecule has 0 aliphatic rings. The van der Waals surface area contributed by atoms with Crippen molar-refractivity contribution in [1.29, 1.82) is 0 Å². The Kier molecular flexibility index (Phi) is 5.13. The van der Waals surface area contributed by atoms with Gasteiger partial charge in [-0.2, -0.15) is 0 Å². The van der Waals surface area contributed by atoms with E-state index in [1.165, 1.54) is 5.56 Å². The van der Waals surface area contributed by atoms with E-state index in [1.807, 2.05) is 42.5 Å². The first-order chi connectivity index (χ1) is 9.69. The molecule has 106 valence electrons. The van der Waals surface area contributed by atoms with Gasteiger partial charge in [0.15, 0.2) is 0 Å². The molecule has 2 aromatic rings. The highest BCUT2D eigenvalue weighted by atomic mass is 35.5. The fraction of sp³-hybridized carbons (Fsp3) is 0.250. The number of aryl methyl sites for hydroxylation is 1. The second kappa shape index (κ2) is 7.06. The minimum absolute atomic E-state index is 0.751. The highest BCUT2D eigenvalue weighted by molar-refractivity contribution is 6.30. The number of ether oxygens (including phenoxy) is 1. The Bertz CT molecular complexity index is 555. The Morgan fingerprint density at radius 1 is 1.00 bits per heavy atom. The monoisotopic (exact) mass is 290 g/mol. The molecule has 0 amide bonds. The molecule has 0 saturated carbocycles. The highest BCUT2D eigenvalue weighted by Gasteiger charge is 1.98. The third kappa shape index (κ3) is 4.07. The molecule has 0 bridgehead atoms. The van der Waals surface area contributed by atoms with Gasteiger partial charge in [-0.3, -0.25) is 0 Å². The third-order valence-corrected chi connectivity index (χ3v) is 3.29. The first-order valence-electron chi connectivity index (χ1n) is 6.57. The lowest BCUT2D eigenvalue weighted by atomic mass is 10.2. The number of hydrogen-bond donors (Lipinski definition) is 2. The van der Waals surface area contributed by atoms with Gasteiger partial charge in [-0.25, -0.2) is 0 Å². The maximum Gasteiger partial charge on any atom is 0.119 e. The van der Waals surface area contributed by atoms with Crippen LogP contribution in [0.5, 0.6) is 5.75 Å². The van der Waals surface area contributed by atoms with Crippen molar-refractivity contribution in [1.82, 2.24) is 0 Å². The van der Waals surface area contributed by atoms with Crippen LogP contribution in [0.15, 0.2) is 42.5 Å². The zero-order valence-corrected chi connectivity index (χ0v) is 12.5. The second-order valence-electron chi connectivity index (χ2n) is 4.54. The maximum absolute atomic E-state index is 5.99. The van der Waals surface area contributed by atoms with Crippen molar-refractivity contribution in [2.45, 2.75) is 6.92 Å². The summed E-state index contributed by atoms with van der Waals surface area (Å²) < 4.78 is 5.12. The molecule has 0 aromatic heterocycles. The molecule has 2 rings (SSSR count). The van der Waals surface area contributed by atoms with Crippen molar-refractivity contribution in [3.63, 3.8) is 0 Å². The van der Waals surface area contributed by atoms with Crippen molar-refractivity contribution in [3.8, 4) is 5.75 Å². The average Bonchev–Trinajstić information content (AvgIpc) is 2.47. The minimum atomic E-state index is 0.751. The van der Waals surface area contributed by atoms with Crippen molar-refractivity contribution in [3.05, 3.63) is 53.1 Å². The van der Waals surface area contributed by atoms with E-state index in [1.54, 1.807) is 7.11 Å². The van der Waals surface area contributed by atoms with E-state index in [0.717, 1.165) is 35.2 Å². The molecular formula is C16H19ClN2O. The maximum atomic E-state index is 5.99. The number of hydrogen-bond acceptors (Lipinski definition) is 3. The van der Waals surface area contributed by atoms with Crippen LogP contribution >= 0.6 is 11.6 Å². The summed E-state index contributed by atoms with van der Waals surface area (Å²) in [6, 6.07) is 13.8. The standard InChI is InChI=1S/C16H19ClN2O/c1-12-3-4-13(17)11-16(12)19-10-9-18-14-5-7-15(20-2)8-6-14/h3-8,11,18-19H,9-10H2,1-2H3. The molecule has 4 heteroatoms. The number of methoxy groups -OCH3 is 1. The third-order valence-electron chi connectivity index (χ3n) is 3.06. The quantitative estimate of drug-likeness (QED) is 0.783. The molecule has 0 fully saturated rings. The summed E-state index contributed by atoms with van der Waals surface area (Å²) in [7, 11) is 1.67. The number of benzene rings is 2. The molecule has 0 aliphatic heterocycles. The van der Waals surface area contributed by atoms with E-state index in [-0.39, 0.29) is 0 Å². The lowest BCUT2D eigenvalue weighted by Crippen LogP contribution is -2.14. The summed E-state index contributed by atoms with van der Waals surface area (Å²) in [5.74, 6) is 0.864. The average molecular weight is 291 g/mol. The summed E-state index contributed by atoms with van der Waals surface area (Å²) in [5, 5.41) is 7.48. The summed E-state index contributed by atoms with van der Waals surface area (Å²) in [6.45, 7) is 3.72. The van der Waals surface area contributed by atoms with Crippen LogP contribution in [-0.2, 0) is 0 Å². The van der Waals surface area contributed by atoms with E-state index in [4.69, 9.17) is 16.3 Å². The van der Waals surface area contributed by atoms with Gasteiger partial charge in [-0.05, 0) is 48.9 Å². The van der Waals surface area contributed by atoms with Gasteiger partial charge >= 0.3 is 0 Å². The second-order valence-corrected chi connectivity index (χ2v) is 4.98. The molecule has 0 aliphatic carbocycles. The van der Waals surface area contributed by atoms with Crippen LogP contribution in [0.2, 0.25) is 5.02 Å². The fourth-order valence-corrected chi connectivity index (χ4v) is 2.07. The first-order valence-corrected chi connectivity index (χ1v) is 6.95. The van der Waals surface area contributed by atoms with E-state index < -0.39 is 0 Å². The highest BCUT2D eigenvalue weighted by Crippen LogP contribution is 2.20. The predicted molar refractivity (Wildman–Crippen MR) is 86.2 cm³/mol. The van der Waals surface area contributed by atoms with Crippen LogP contribution in [0.25, 0.3) is 0 Å². The molecule has 20 heavy (non-hydrogen) atoms. The molecule has 0 heterocycles. The minimum Gasteiger partial charge on any atom is -0.497 e. The molecule has 3 nitrogen and oxygen atoms in total. The summed E-state index contributed by atoms with van der Waals surface area (Å²) >= 11 is 5.99. The van der Waals surface area contributed by atoms with E-state index in [2.05, 4.69) is 17.6 Å². The molecule has 2 N–H and O–H groups in total. The Morgan fingerprint density at radius 3 is 2.40 bits per heavy atom. The predicted octanol–water partition coefficient (Wildman–Crippen LogP) is 4.18. The van der Waals surface area contributed by atoms with Crippen molar-refractivity contribution >= 4 is 23.0 Å². The van der Waals surface area contributed by atoms with Crippen LogP contribution in [0, 0.1) is 6.92 Å². The van der Waals surface area contributed by atoms with Crippen LogP contribution in [0.4, 0.5) is 11.4 Å². The lowest BCUT2D eigenvalue weighted by molar-refractivity contribution is 0.415. The molecule has 0 saturated heterocycles. The number of nitrogens with one attached hydrogen (secondary N) is 2. The molecule has 0 unspecified atom stereocenters. The topological polar surface area (TPSA) is 33.3 Å². The smallest absolute Gasteiger partial charge is 0.119 e. The molecular weight excluding hydrogens is 272 g/mol. The van der Waals surface area contributed by atoms with E-state index in [0.29, 0.717) is 0 Å². The Balaban J connectivity index is 1.79. The number of halogens is 1. The van der Waals surface area contributed by atoms with Crippen molar-refractivity contribution < 1.29 is 4.74 Å². The summed E-state index contributed by atoms with van der Waals surface area (Å²) in [6.07, 6.45) is 0. The molecule has 2 aromatic carbocycles. The van der Waals surface area contributed by atoms with Gasteiger partial charge in [0.2, 0.25) is 0 Å². The number of anilines is 2. The Hall–Kier alpha value is -1.87. The fourth-order valence-electron chi connectivity index (χ4n) is 1.90. The van der Waals surface area contributed by atoms with Crippen molar-refractivity contribution in [2.24, 2.45) is 0 Å². The van der Waals surface area contributed by atoms with Gasteiger partial charge in [-0.15, -0.1) is 0 Å². The van der Waals surface area contributed by atoms with Crippen LogP contribution in [0.1, 0.15) is 5.56 Å². The summed E-state index contributed by atoms with van der Waals surface area (Å²) in [4.78, 5) is 0. The van der Waals surface area contributed by atoms with Crippen LogP contribution in [-0.4, -0.2) is 20.2 Å². The molecule has 0 spiro atoms. The van der Waals surface area contributed by atoms with Gasteiger partial charge in [0, 0.05) is 29.5 Å². The Labute approximate surface area is 124 Å². The zero-order valence-electron chi connectivity index (χ0n) is 11.7. The largest absolute Gasteiger partial charge is 0.497 e. The van der Waals surface area contributed by atoms with E-state index in [9.17, 15) is 0 Å². The first kappa shape index (κ1) is 14.5. The van der Waals surface area contributed by atoms with Crippen LogP contribution in [0.3, 0.4) is 0 Å².